The third kappa shape index (κ3) is 8.56. The molecule has 0 heterocycles. The molecule has 10 nitrogen and oxygen atoms in total. The molecular weight excluding hydrogens is 424 g/mol. The first-order valence-electron chi connectivity index (χ1n) is 9.75. The number of aliphatic carboxylic acids is 1. The molecule has 31 heavy (non-hydrogen) atoms. The number of hydrogen-bond acceptors (Lipinski definition) is 7. The van der Waals surface area contributed by atoms with Crippen LogP contribution in [0.4, 0.5) is 0 Å². The molecule has 0 saturated heterocycles. The molecule has 11 heteroatoms. The van der Waals surface area contributed by atoms with Crippen LogP contribution in [0.1, 0.15) is 19.4 Å². The maximum Gasteiger partial charge on any atom is 0.328 e. The number of carboxylic acid groups (broad SMARTS) is 1. The fourth-order valence-electron chi connectivity index (χ4n) is 2.66. The van der Waals surface area contributed by atoms with Gasteiger partial charge in [0.2, 0.25) is 17.7 Å². The van der Waals surface area contributed by atoms with E-state index in [4.69, 9.17) is 10.8 Å². The highest BCUT2D eigenvalue weighted by Crippen LogP contribution is 2.07. The second kappa shape index (κ2) is 12.9. The summed E-state index contributed by atoms with van der Waals surface area (Å²) in [4.78, 5) is 48.9. The van der Waals surface area contributed by atoms with Crippen LogP contribution in [0.5, 0.6) is 0 Å². The minimum atomic E-state index is -1.52. The van der Waals surface area contributed by atoms with Crippen LogP contribution in [0.15, 0.2) is 30.3 Å². The average molecular weight is 455 g/mol. The summed E-state index contributed by atoms with van der Waals surface area (Å²) < 4.78 is 0. The first-order valence-corrected chi connectivity index (χ1v) is 10.4. The van der Waals surface area contributed by atoms with E-state index in [1.165, 1.54) is 0 Å². The van der Waals surface area contributed by atoms with Gasteiger partial charge in [0, 0.05) is 12.2 Å². The van der Waals surface area contributed by atoms with Crippen molar-refractivity contribution in [2.75, 3.05) is 12.4 Å². The molecule has 4 unspecified atom stereocenters. The Bertz CT molecular complexity index is 761. The van der Waals surface area contributed by atoms with Crippen molar-refractivity contribution in [3.05, 3.63) is 35.9 Å². The number of nitrogens with one attached hydrogen (secondary N) is 3. The summed E-state index contributed by atoms with van der Waals surface area (Å²) in [5.41, 5.74) is 6.37. The Morgan fingerprint density at radius 3 is 2.03 bits per heavy atom. The Kier molecular flexibility index (Phi) is 11.0. The van der Waals surface area contributed by atoms with Crippen LogP contribution in [0.3, 0.4) is 0 Å². The van der Waals surface area contributed by atoms with Crippen molar-refractivity contribution in [1.82, 2.24) is 16.0 Å². The quantitative estimate of drug-likeness (QED) is 0.192. The molecule has 1 aromatic carbocycles. The molecule has 0 bridgehead atoms. The second-order valence-electron chi connectivity index (χ2n) is 7.35. The molecule has 3 amide bonds. The van der Waals surface area contributed by atoms with Crippen LogP contribution in [-0.4, -0.2) is 70.4 Å². The SMILES string of the molecule is CC(C)C(NC(=O)C(N)CS)C(=O)NC(Cc1ccccc1)C(=O)NC(CO)C(=O)O. The fourth-order valence-corrected chi connectivity index (χ4v) is 2.82. The highest BCUT2D eigenvalue weighted by atomic mass is 32.1. The van der Waals surface area contributed by atoms with E-state index in [9.17, 15) is 24.3 Å². The van der Waals surface area contributed by atoms with Gasteiger partial charge in [0.05, 0.1) is 12.6 Å². The van der Waals surface area contributed by atoms with E-state index in [1.54, 1.807) is 44.2 Å². The summed E-state index contributed by atoms with van der Waals surface area (Å²) in [5, 5.41) is 25.6. The van der Waals surface area contributed by atoms with Gasteiger partial charge in [0.1, 0.15) is 18.1 Å². The van der Waals surface area contributed by atoms with E-state index >= 15 is 0 Å². The third-order valence-electron chi connectivity index (χ3n) is 4.49. The Morgan fingerprint density at radius 1 is 0.968 bits per heavy atom. The van der Waals surface area contributed by atoms with Crippen molar-refractivity contribution in [2.24, 2.45) is 11.7 Å². The van der Waals surface area contributed by atoms with Gasteiger partial charge in [-0.1, -0.05) is 44.2 Å². The molecule has 0 fully saturated rings. The van der Waals surface area contributed by atoms with Gasteiger partial charge in [0.15, 0.2) is 0 Å². The zero-order valence-corrected chi connectivity index (χ0v) is 18.3. The predicted molar refractivity (Wildman–Crippen MR) is 117 cm³/mol. The van der Waals surface area contributed by atoms with Crippen molar-refractivity contribution in [1.29, 1.82) is 0 Å². The van der Waals surface area contributed by atoms with Crippen LogP contribution in [0, 0.1) is 5.92 Å². The molecule has 0 aliphatic rings. The molecule has 4 atom stereocenters. The van der Waals surface area contributed by atoms with Gasteiger partial charge in [0.25, 0.3) is 0 Å². The van der Waals surface area contributed by atoms with E-state index in [0.717, 1.165) is 5.56 Å². The molecule has 172 valence electrons. The largest absolute Gasteiger partial charge is 0.480 e. The van der Waals surface area contributed by atoms with Gasteiger partial charge in [-0.05, 0) is 11.5 Å². The molecular formula is C20H30N4O6S. The number of nitrogens with two attached hydrogens (primary N) is 1. The number of aliphatic hydroxyl groups is 1. The number of aliphatic hydroxyl groups excluding tert-OH is 1. The maximum atomic E-state index is 12.9. The highest BCUT2D eigenvalue weighted by Gasteiger charge is 2.31. The molecule has 7 N–H and O–H groups in total. The lowest BCUT2D eigenvalue weighted by molar-refractivity contribution is -0.143. The summed E-state index contributed by atoms with van der Waals surface area (Å²) in [6, 6.07) is 4.28. The smallest absolute Gasteiger partial charge is 0.328 e. The van der Waals surface area contributed by atoms with Gasteiger partial charge < -0.3 is 31.9 Å². The fraction of sp³-hybridized carbons (Fsp3) is 0.500. The topological polar surface area (TPSA) is 171 Å². The van der Waals surface area contributed by atoms with E-state index in [2.05, 4.69) is 28.6 Å². The number of carbonyl (C=O) groups excluding carboxylic acids is 3. The Morgan fingerprint density at radius 2 is 1.55 bits per heavy atom. The van der Waals surface area contributed by atoms with Crippen LogP contribution >= 0.6 is 12.6 Å². The van der Waals surface area contributed by atoms with Gasteiger partial charge in [-0.25, -0.2) is 4.79 Å². The van der Waals surface area contributed by atoms with Gasteiger partial charge in [-0.2, -0.15) is 12.6 Å². The van der Waals surface area contributed by atoms with E-state index in [1.807, 2.05) is 0 Å². The van der Waals surface area contributed by atoms with E-state index in [0.29, 0.717) is 0 Å². The normalized spacial score (nSPS) is 14.8. The zero-order chi connectivity index (χ0) is 23.6. The van der Waals surface area contributed by atoms with Crippen molar-refractivity contribution in [3.8, 4) is 0 Å². The summed E-state index contributed by atoms with van der Waals surface area (Å²) in [6.45, 7) is 2.63. The van der Waals surface area contributed by atoms with Crippen molar-refractivity contribution < 1.29 is 29.4 Å². The van der Waals surface area contributed by atoms with Crippen LogP contribution in [-0.2, 0) is 25.6 Å². The predicted octanol–water partition coefficient (Wildman–Crippen LogP) is -1.33. The number of carboxylic acids is 1. The van der Waals surface area contributed by atoms with Gasteiger partial charge >= 0.3 is 5.97 Å². The lowest BCUT2D eigenvalue weighted by Gasteiger charge is -2.26. The molecule has 0 spiro atoms. The lowest BCUT2D eigenvalue weighted by Crippen LogP contribution is -2.59. The highest BCUT2D eigenvalue weighted by molar-refractivity contribution is 7.80. The van der Waals surface area contributed by atoms with Crippen molar-refractivity contribution in [2.45, 2.75) is 44.4 Å². The monoisotopic (exact) mass is 454 g/mol. The van der Waals surface area contributed by atoms with Crippen molar-refractivity contribution >= 4 is 36.3 Å². The van der Waals surface area contributed by atoms with Crippen LogP contribution < -0.4 is 21.7 Å². The maximum absolute atomic E-state index is 12.9. The minimum absolute atomic E-state index is 0.0745. The summed E-state index contributed by atoms with van der Waals surface area (Å²) in [6.07, 6.45) is 0.0745. The molecule has 0 radical (unpaired) electrons. The van der Waals surface area contributed by atoms with E-state index in [-0.39, 0.29) is 18.1 Å². The summed E-state index contributed by atoms with van der Waals surface area (Å²) >= 11 is 3.97. The molecule has 0 aliphatic carbocycles. The Labute approximate surface area is 186 Å². The molecule has 0 aromatic heterocycles. The van der Waals surface area contributed by atoms with Crippen molar-refractivity contribution in [3.63, 3.8) is 0 Å². The lowest BCUT2D eigenvalue weighted by atomic mass is 10.0. The number of carbonyl (C=O) groups is 4. The Balaban J connectivity index is 3.04. The Hall–Kier alpha value is -2.63. The average Bonchev–Trinajstić information content (AvgIpc) is 2.74. The first-order chi connectivity index (χ1) is 14.6. The molecule has 0 saturated carbocycles. The van der Waals surface area contributed by atoms with Gasteiger partial charge in [-0.15, -0.1) is 0 Å². The number of rotatable bonds is 12. The standard InChI is InChI=1S/C20H30N4O6S/c1-11(2)16(24-17(26)13(21)10-31)19(28)22-14(8-12-6-4-3-5-7-12)18(27)23-15(9-25)20(29)30/h3-7,11,13-16,25,31H,8-10,21H2,1-2H3,(H,22,28)(H,23,27)(H,24,26)(H,29,30). The number of benzene rings is 1. The summed E-state index contributed by atoms with van der Waals surface area (Å²) in [7, 11) is 0. The summed E-state index contributed by atoms with van der Waals surface area (Å²) in [5.74, 6) is -3.59. The number of amides is 3. The second-order valence-corrected chi connectivity index (χ2v) is 7.72. The van der Waals surface area contributed by atoms with E-state index < -0.39 is 54.5 Å². The van der Waals surface area contributed by atoms with Crippen LogP contribution in [0.25, 0.3) is 0 Å². The minimum Gasteiger partial charge on any atom is -0.480 e. The number of hydrogen-bond donors (Lipinski definition) is 7. The van der Waals surface area contributed by atoms with Crippen LogP contribution in [0.2, 0.25) is 0 Å². The first kappa shape index (κ1) is 26.4. The molecule has 1 aromatic rings. The molecule has 0 aliphatic heterocycles. The zero-order valence-electron chi connectivity index (χ0n) is 17.4. The number of thiol groups is 1. The van der Waals surface area contributed by atoms with Gasteiger partial charge in [-0.3, -0.25) is 14.4 Å². The molecule has 1 rings (SSSR count). The third-order valence-corrected chi connectivity index (χ3v) is 4.89.